The van der Waals surface area contributed by atoms with Gasteiger partial charge in [0.25, 0.3) is 0 Å². The Morgan fingerprint density at radius 2 is 2.16 bits per heavy atom. The molecule has 2 heterocycles. The number of furan rings is 1. The van der Waals surface area contributed by atoms with Gasteiger partial charge in [0.15, 0.2) is 0 Å². The third kappa shape index (κ3) is 3.15. The zero-order valence-corrected chi connectivity index (χ0v) is 11.8. The first-order valence-corrected chi connectivity index (χ1v) is 6.58. The second kappa shape index (κ2) is 5.89. The van der Waals surface area contributed by atoms with Gasteiger partial charge in [0, 0.05) is 31.4 Å². The van der Waals surface area contributed by atoms with Crippen molar-refractivity contribution < 1.29 is 4.42 Å². The number of hydrogen-bond acceptors (Lipinski definition) is 4. The summed E-state index contributed by atoms with van der Waals surface area (Å²) in [6, 6.07) is 6.12. The van der Waals surface area contributed by atoms with E-state index in [9.17, 15) is 0 Å². The van der Waals surface area contributed by atoms with E-state index in [1.165, 1.54) is 5.56 Å². The predicted octanol–water partition coefficient (Wildman–Crippen LogP) is 2.64. The van der Waals surface area contributed by atoms with Gasteiger partial charge in [-0.1, -0.05) is 6.92 Å². The van der Waals surface area contributed by atoms with E-state index in [0.29, 0.717) is 6.54 Å². The molecule has 0 aromatic carbocycles. The minimum absolute atomic E-state index is 0.543. The Balaban J connectivity index is 2.23. The Morgan fingerprint density at radius 3 is 2.74 bits per heavy atom. The van der Waals surface area contributed by atoms with Gasteiger partial charge >= 0.3 is 0 Å². The molecule has 0 saturated carbocycles. The molecule has 0 aliphatic rings. The lowest BCUT2D eigenvalue weighted by molar-refractivity contribution is 0.529. The molecule has 0 spiro atoms. The fraction of sp³-hybridized carbons (Fsp3) is 0.400. The first kappa shape index (κ1) is 13.6. The van der Waals surface area contributed by atoms with Crippen molar-refractivity contribution in [3.63, 3.8) is 0 Å². The molecule has 2 rings (SSSR count). The van der Waals surface area contributed by atoms with Crippen LogP contribution < -0.4 is 10.6 Å². The lowest BCUT2D eigenvalue weighted by Gasteiger charge is -2.19. The van der Waals surface area contributed by atoms with Crippen molar-refractivity contribution >= 4 is 5.82 Å². The van der Waals surface area contributed by atoms with Crippen molar-refractivity contribution in [3.8, 4) is 0 Å². The maximum absolute atomic E-state index is 5.74. The van der Waals surface area contributed by atoms with E-state index < -0.39 is 0 Å². The summed E-state index contributed by atoms with van der Waals surface area (Å²) in [5.41, 5.74) is 9.12. The molecular weight excluding hydrogens is 238 g/mol. The zero-order valence-electron chi connectivity index (χ0n) is 11.8. The zero-order chi connectivity index (χ0) is 13.8. The molecule has 4 nitrogen and oxygen atoms in total. The maximum Gasteiger partial charge on any atom is 0.129 e. The topological polar surface area (TPSA) is 55.3 Å². The number of rotatable bonds is 5. The third-order valence-electron chi connectivity index (χ3n) is 3.29. The molecule has 19 heavy (non-hydrogen) atoms. The van der Waals surface area contributed by atoms with E-state index in [4.69, 9.17) is 10.2 Å². The summed E-state index contributed by atoms with van der Waals surface area (Å²) in [4.78, 5) is 6.77. The molecule has 0 radical (unpaired) electrons. The van der Waals surface area contributed by atoms with E-state index in [1.807, 2.05) is 20.0 Å². The molecule has 2 N–H and O–H groups in total. The molecule has 0 unspecified atom stereocenters. The number of anilines is 1. The molecule has 0 saturated heterocycles. The fourth-order valence-electron chi connectivity index (χ4n) is 2.04. The van der Waals surface area contributed by atoms with E-state index in [-0.39, 0.29) is 0 Å². The van der Waals surface area contributed by atoms with Crippen LogP contribution in [-0.2, 0) is 19.5 Å². The highest BCUT2D eigenvalue weighted by Crippen LogP contribution is 2.18. The molecule has 0 fully saturated rings. The first-order valence-electron chi connectivity index (χ1n) is 6.58. The van der Waals surface area contributed by atoms with E-state index in [1.54, 1.807) is 6.26 Å². The summed E-state index contributed by atoms with van der Waals surface area (Å²) in [6.45, 7) is 5.41. The normalized spacial score (nSPS) is 10.7. The highest BCUT2D eigenvalue weighted by molar-refractivity contribution is 5.43. The number of aromatic nitrogens is 1. The van der Waals surface area contributed by atoms with Crippen LogP contribution in [0.5, 0.6) is 0 Å². The van der Waals surface area contributed by atoms with Gasteiger partial charge in [-0.15, -0.1) is 0 Å². The van der Waals surface area contributed by atoms with E-state index in [0.717, 1.165) is 35.8 Å². The van der Waals surface area contributed by atoms with Crippen molar-refractivity contribution in [2.24, 2.45) is 5.73 Å². The molecular formula is C15H21N3O. The average Bonchev–Trinajstić information content (AvgIpc) is 2.83. The van der Waals surface area contributed by atoms with Crippen molar-refractivity contribution in [3.05, 3.63) is 47.0 Å². The van der Waals surface area contributed by atoms with Crippen LogP contribution >= 0.6 is 0 Å². The van der Waals surface area contributed by atoms with E-state index in [2.05, 4.69) is 28.9 Å². The summed E-state index contributed by atoms with van der Waals surface area (Å²) in [5, 5.41) is 0. The van der Waals surface area contributed by atoms with Gasteiger partial charge in [-0.3, -0.25) is 0 Å². The van der Waals surface area contributed by atoms with Crippen LogP contribution in [0.2, 0.25) is 0 Å². The average molecular weight is 259 g/mol. The van der Waals surface area contributed by atoms with Crippen LogP contribution in [0.15, 0.2) is 28.9 Å². The monoisotopic (exact) mass is 259 g/mol. The molecule has 0 amide bonds. The Bertz CT molecular complexity index is 526. The van der Waals surface area contributed by atoms with Crippen LogP contribution in [0, 0.1) is 6.92 Å². The number of pyridine rings is 1. The number of nitrogens with two attached hydrogens (primary N) is 1. The van der Waals surface area contributed by atoms with Gasteiger partial charge in [-0.2, -0.15) is 0 Å². The van der Waals surface area contributed by atoms with Gasteiger partial charge in [0.05, 0.1) is 6.26 Å². The van der Waals surface area contributed by atoms with Crippen LogP contribution in [0.1, 0.15) is 29.5 Å². The molecule has 0 atom stereocenters. The van der Waals surface area contributed by atoms with Crippen molar-refractivity contribution in [1.29, 1.82) is 0 Å². The minimum Gasteiger partial charge on any atom is -0.469 e. The highest BCUT2D eigenvalue weighted by atomic mass is 16.3. The van der Waals surface area contributed by atoms with Crippen LogP contribution in [0.4, 0.5) is 5.82 Å². The molecule has 0 aliphatic carbocycles. The molecule has 0 aliphatic heterocycles. The number of nitrogens with zero attached hydrogens (tertiary/aromatic N) is 2. The largest absolute Gasteiger partial charge is 0.469 e. The Labute approximate surface area is 114 Å². The third-order valence-corrected chi connectivity index (χ3v) is 3.29. The molecule has 2 aromatic heterocycles. The van der Waals surface area contributed by atoms with Crippen molar-refractivity contribution in [2.45, 2.75) is 33.4 Å². The van der Waals surface area contributed by atoms with Crippen LogP contribution in [0.25, 0.3) is 0 Å². The quantitative estimate of drug-likeness (QED) is 0.897. The second-order valence-corrected chi connectivity index (χ2v) is 4.74. The van der Waals surface area contributed by atoms with Gasteiger partial charge < -0.3 is 15.1 Å². The number of aryl methyl sites for hydroxylation is 2. The molecule has 0 bridgehead atoms. The Kier molecular flexibility index (Phi) is 4.22. The lowest BCUT2D eigenvalue weighted by atomic mass is 10.2. The molecule has 4 heteroatoms. The summed E-state index contributed by atoms with van der Waals surface area (Å²) < 4.78 is 5.32. The molecule has 2 aromatic rings. The van der Waals surface area contributed by atoms with Gasteiger partial charge in [0.2, 0.25) is 0 Å². The van der Waals surface area contributed by atoms with Crippen molar-refractivity contribution in [2.75, 3.05) is 11.9 Å². The number of hydrogen-bond donors (Lipinski definition) is 1. The second-order valence-electron chi connectivity index (χ2n) is 4.74. The van der Waals surface area contributed by atoms with Gasteiger partial charge in [-0.05, 0) is 37.1 Å². The highest BCUT2D eigenvalue weighted by Gasteiger charge is 2.09. The minimum atomic E-state index is 0.543. The van der Waals surface area contributed by atoms with Crippen molar-refractivity contribution in [1.82, 2.24) is 4.98 Å². The summed E-state index contributed by atoms with van der Waals surface area (Å²) in [5.74, 6) is 1.91. The van der Waals surface area contributed by atoms with Gasteiger partial charge in [0.1, 0.15) is 11.6 Å². The van der Waals surface area contributed by atoms with E-state index >= 15 is 0 Å². The maximum atomic E-state index is 5.74. The first-order chi connectivity index (χ1) is 9.13. The fourth-order valence-corrected chi connectivity index (χ4v) is 2.04. The van der Waals surface area contributed by atoms with Crippen LogP contribution in [0.3, 0.4) is 0 Å². The summed E-state index contributed by atoms with van der Waals surface area (Å²) in [6.07, 6.45) is 2.64. The smallest absolute Gasteiger partial charge is 0.129 e. The van der Waals surface area contributed by atoms with Gasteiger partial charge in [-0.25, -0.2) is 4.98 Å². The summed E-state index contributed by atoms with van der Waals surface area (Å²) in [7, 11) is 2.04. The predicted molar refractivity (Wildman–Crippen MR) is 77.1 cm³/mol. The lowest BCUT2D eigenvalue weighted by Crippen LogP contribution is -2.19. The van der Waals surface area contributed by atoms with Crippen LogP contribution in [-0.4, -0.2) is 12.0 Å². The standard InChI is InChI=1S/C15H21N3O/c1-4-14-7-12(9-16)8-15(17-14)18(3)10-13-5-6-19-11(13)2/h5-8H,4,9-10,16H2,1-3H3. The SMILES string of the molecule is CCc1cc(CN)cc(N(C)Cc2ccoc2C)n1. The Hall–Kier alpha value is -1.81. The Morgan fingerprint density at radius 1 is 1.37 bits per heavy atom. The molecule has 102 valence electrons. The summed E-state index contributed by atoms with van der Waals surface area (Å²) >= 11 is 0.